The molecule has 1 aliphatic heterocycles. The fourth-order valence-corrected chi connectivity index (χ4v) is 3.76. The van der Waals surface area contributed by atoms with Crippen molar-refractivity contribution in [2.75, 3.05) is 32.8 Å². The lowest BCUT2D eigenvalue weighted by Gasteiger charge is -2.32. The maximum atomic E-state index is 12.2. The number of nitrogens with one attached hydrogen (secondary N) is 1. The largest absolute Gasteiger partial charge is 0.379 e. The van der Waals surface area contributed by atoms with E-state index in [1.54, 1.807) is 18.2 Å². The van der Waals surface area contributed by atoms with Crippen molar-refractivity contribution in [3.8, 4) is 0 Å². The molecule has 20 heavy (non-hydrogen) atoms. The van der Waals surface area contributed by atoms with E-state index in [2.05, 4.69) is 9.62 Å². The highest BCUT2D eigenvalue weighted by atomic mass is 35.5. The maximum Gasteiger partial charge on any atom is 0.242 e. The zero-order chi connectivity index (χ0) is 14.6. The summed E-state index contributed by atoms with van der Waals surface area (Å²) in [6.07, 6.45) is 0. The Hall–Kier alpha value is -0.660. The van der Waals surface area contributed by atoms with E-state index in [0.717, 1.165) is 13.1 Å². The molecule has 1 aromatic rings. The Balaban J connectivity index is 1.97. The van der Waals surface area contributed by atoms with Gasteiger partial charge < -0.3 is 4.74 Å². The van der Waals surface area contributed by atoms with Gasteiger partial charge in [0.05, 0.1) is 18.2 Å². The summed E-state index contributed by atoms with van der Waals surface area (Å²) in [6.45, 7) is 5.40. The first-order valence-corrected chi connectivity index (χ1v) is 8.43. The molecule has 1 fully saturated rings. The molecule has 0 aromatic heterocycles. The second kappa shape index (κ2) is 6.87. The average molecular weight is 319 g/mol. The first kappa shape index (κ1) is 15.7. The molecule has 1 N–H and O–H groups in total. The van der Waals surface area contributed by atoms with Crippen LogP contribution in [0.5, 0.6) is 0 Å². The van der Waals surface area contributed by atoms with E-state index in [-0.39, 0.29) is 16.0 Å². The van der Waals surface area contributed by atoms with Crippen LogP contribution in [0.15, 0.2) is 29.2 Å². The van der Waals surface area contributed by atoms with Crippen LogP contribution in [0.25, 0.3) is 0 Å². The van der Waals surface area contributed by atoms with Gasteiger partial charge in [-0.1, -0.05) is 23.7 Å². The summed E-state index contributed by atoms with van der Waals surface area (Å²) >= 11 is 5.93. The van der Waals surface area contributed by atoms with E-state index in [1.165, 1.54) is 6.07 Å². The normalized spacial score (nSPS) is 18.9. The molecule has 1 heterocycles. The predicted molar refractivity (Wildman–Crippen MR) is 78.5 cm³/mol. The second-order valence-corrected chi connectivity index (χ2v) is 6.92. The first-order valence-electron chi connectivity index (χ1n) is 6.57. The van der Waals surface area contributed by atoms with Crippen LogP contribution in [0.2, 0.25) is 5.02 Å². The van der Waals surface area contributed by atoms with E-state index in [0.29, 0.717) is 19.8 Å². The molecule has 112 valence electrons. The number of ether oxygens (including phenoxy) is 1. The van der Waals surface area contributed by atoms with Crippen molar-refractivity contribution in [2.45, 2.75) is 17.9 Å². The minimum absolute atomic E-state index is 0.121. The topological polar surface area (TPSA) is 58.6 Å². The Morgan fingerprint density at radius 2 is 2.00 bits per heavy atom. The van der Waals surface area contributed by atoms with E-state index < -0.39 is 10.0 Å². The van der Waals surface area contributed by atoms with Gasteiger partial charge in [-0.15, -0.1) is 0 Å². The number of morpholine rings is 1. The molecular weight excluding hydrogens is 300 g/mol. The Morgan fingerprint density at radius 1 is 1.35 bits per heavy atom. The lowest BCUT2D eigenvalue weighted by atomic mass is 10.2. The van der Waals surface area contributed by atoms with Gasteiger partial charge in [0.1, 0.15) is 4.90 Å². The zero-order valence-corrected chi connectivity index (χ0v) is 13.0. The number of hydrogen-bond donors (Lipinski definition) is 1. The van der Waals surface area contributed by atoms with Crippen molar-refractivity contribution in [1.29, 1.82) is 0 Å². The van der Waals surface area contributed by atoms with Crippen LogP contribution in [0.3, 0.4) is 0 Å². The number of rotatable bonds is 5. The van der Waals surface area contributed by atoms with Gasteiger partial charge in [-0.3, -0.25) is 4.90 Å². The van der Waals surface area contributed by atoms with Crippen molar-refractivity contribution >= 4 is 21.6 Å². The van der Waals surface area contributed by atoms with Gasteiger partial charge in [-0.2, -0.15) is 0 Å². The third kappa shape index (κ3) is 3.93. The summed E-state index contributed by atoms with van der Waals surface area (Å²) in [5, 5.41) is 0.235. The number of benzene rings is 1. The van der Waals surface area contributed by atoms with Gasteiger partial charge in [-0.05, 0) is 19.1 Å². The quantitative estimate of drug-likeness (QED) is 0.890. The zero-order valence-electron chi connectivity index (χ0n) is 11.4. The van der Waals surface area contributed by atoms with Crippen LogP contribution in [0.4, 0.5) is 0 Å². The summed E-state index contributed by atoms with van der Waals surface area (Å²) in [5.41, 5.74) is 0. The standard InChI is InChI=1S/C13H19ClN2O3S/c1-11(16-6-8-19-9-7-16)10-15-20(17,18)13-5-3-2-4-12(13)14/h2-5,11,15H,6-10H2,1H3. The first-order chi connectivity index (χ1) is 9.50. The monoisotopic (exact) mass is 318 g/mol. The highest BCUT2D eigenvalue weighted by molar-refractivity contribution is 7.89. The molecule has 1 aliphatic rings. The molecule has 7 heteroatoms. The predicted octanol–water partition coefficient (Wildman–Crippen LogP) is 1.34. The van der Waals surface area contributed by atoms with Crippen molar-refractivity contribution in [2.24, 2.45) is 0 Å². The number of nitrogens with zero attached hydrogens (tertiary/aromatic N) is 1. The molecule has 2 rings (SSSR count). The molecule has 0 radical (unpaired) electrons. The lowest BCUT2D eigenvalue weighted by Crippen LogP contribution is -2.47. The van der Waals surface area contributed by atoms with Crippen LogP contribution in [0, 0.1) is 0 Å². The van der Waals surface area contributed by atoms with Crippen LogP contribution < -0.4 is 4.72 Å². The Labute approximate surface area is 124 Å². The number of hydrogen-bond acceptors (Lipinski definition) is 4. The molecule has 1 unspecified atom stereocenters. The lowest BCUT2D eigenvalue weighted by molar-refractivity contribution is 0.0213. The molecule has 0 spiro atoms. The smallest absolute Gasteiger partial charge is 0.242 e. The fraction of sp³-hybridized carbons (Fsp3) is 0.538. The van der Waals surface area contributed by atoms with Crippen molar-refractivity contribution < 1.29 is 13.2 Å². The van der Waals surface area contributed by atoms with Gasteiger partial charge in [-0.25, -0.2) is 13.1 Å². The fourth-order valence-electron chi connectivity index (χ4n) is 2.12. The third-order valence-corrected chi connectivity index (χ3v) is 5.29. The SMILES string of the molecule is CC(CNS(=O)(=O)c1ccccc1Cl)N1CCOCC1. The highest BCUT2D eigenvalue weighted by Gasteiger charge is 2.21. The van der Waals surface area contributed by atoms with Gasteiger partial charge in [0, 0.05) is 25.7 Å². The molecular formula is C13H19ClN2O3S. The average Bonchev–Trinajstić information content (AvgIpc) is 2.46. The second-order valence-electron chi connectivity index (χ2n) is 4.78. The molecule has 0 saturated carbocycles. The van der Waals surface area contributed by atoms with E-state index in [9.17, 15) is 8.42 Å². The van der Waals surface area contributed by atoms with Gasteiger partial charge >= 0.3 is 0 Å². The summed E-state index contributed by atoms with van der Waals surface area (Å²) in [5.74, 6) is 0. The van der Waals surface area contributed by atoms with Crippen molar-refractivity contribution in [1.82, 2.24) is 9.62 Å². The van der Waals surface area contributed by atoms with Crippen LogP contribution in [-0.4, -0.2) is 52.2 Å². The maximum absolute atomic E-state index is 12.2. The minimum Gasteiger partial charge on any atom is -0.379 e. The van der Waals surface area contributed by atoms with E-state index in [1.807, 2.05) is 6.92 Å². The van der Waals surface area contributed by atoms with Crippen molar-refractivity contribution in [3.05, 3.63) is 29.3 Å². The van der Waals surface area contributed by atoms with Gasteiger partial charge in [0.15, 0.2) is 0 Å². The molecule has 1 atom stereocenters. The molecule has 0 bridgehead atoms. The van der Waals surface area contributed by atoms with Crippen molar-refractivity contribution in [3.63, 3.8) is 0 Å². The number of halogens is 1. The summed E-state index contributed by atoms with van der Waals surface area (Å²) in [6, 6.07) is 6.56. The van der Waals surface area contributed by atoms with E-state index in [4.69, 9.17) is 16.3 Å². The van der Waals surface area contributed by atoms with Crippen LogP contribution in [0.1, 0.15) is 6.92 Å². The van der Waals surface area contributed by atoms with E-state index >= 15 is 0 Å². The van der Waals surface area contributed by atoms with Gasteiger partial charge in [0.25, 0.3) is 0 Å². The highest BCUT2D eigenvalue weighted by Crippen LogP contribution is 2.20. The third-order valence-electron chi connectivity index (χ3n) is 3.36. The van der Waals surface area contributed by atoms with Gasteiger partial charge in [0.2, 0.25) is 10.0 Å². The van der Waals surface area contributed by atoms with Crippen LogP contribution in [-0.2, 0) is 14.8 Å². The molecule has 0 aliphatic carbocycles. The molecule has 1 saturated heterocycles. The summed E-state index contributed by atoms with van der Waals surface area (Å²) in [4.78, 5) is 2.33. The molecule has 0 amide bonds. The minimum atomic E-state index is -3.56. The molecule has 5 nitrogen and oxygen atoms in total. The summed E-state index contributed by atoms with van der Waals surface area (Å²) < 4.78 is 32.3. The number of sulfonamides is 1. The molecule has 1 aromatic carbocycles. The Morgan fingerprint density at radius 3 is 2.65 bits per heavy atom. The Bertz CT molecular complexity index is 544. The van der Waals surface area contributed by atoms with Crippen LogP contribution >= 0.6 is 11.6 Å². The summed E-state index contributed by atoms with van der Waals surface area (Å²) in [7, 11) is -3.56. The Kier molecular flexibility index (Phi) is 5.40.